The van der Waals surface area contributed by atoms with E-state index < -0.39 is 0 Å². The van der Waals surface area contributed by atoms with Gasteiger partial charge in [0.25, 0.3) is 0 Å². The molecule has 122 valence electrons. The summed E-state index contributed by atoms with van der Waals surface area (Å²) in [6.07, 6.45) is 2.73. The average molecular weight is 318 g/mol. The molecule has 0 atom stereocenters. The van der Waals surface area contributed by atoms with Crippen molar-refractivity contribution in [3.8, 4) is 22.3 Å². The van der Waals surface area contributed by atoms with Crippen LogP contribution in [0.2, 0.25) is 0 Å². The number of anilines is 1. The summed E-state index contributed by atoms with van der Waals surface area (Å²) in [6.45, 7) is 8.16. The molecular weight excluding hydrogens is 296 g/mol. The molecule has 3 heterocycles. The quantitative estimate of drug-likeness (QED) is 0.783. The van der Waals surface area contributed by atoms with E-state index in [1.54, 1.807) is 0 Å². The Labute approximate surface area is 142 Å². The molecule has 0 aliphatic rings. The van der Waals surface area contributed by atoms with Crippen LogP contribution in [-0.2, 0) is 6.42 Å². The zero-order chi connectivity index (χ0) is 17.3. The van der Waals surface area contributed by atoms with Crippen LogP contribution in [0.15, 0.2) is 36.5 Å². The van der Waals surface area contributed by atoms with Crippen molar-refractivity contribution in [3.05, 3.63) is 59.3 Å². The Morgan fingerprint density at radius 3 is 2.25 bits per heavy atom. The topological polar surface area (TPSA) is 64.7 Å². The molecule has 0 saturated carbocycles. The maximum absolute atomic E-state index is 5.83. The predicted octanol–water partition coefficient (Wildman–Crippen LogP) is 4.28. The highest BCUT2D eigenvalue weighted by molar-refractivity contribution is 5.86. The van der Waals surface area contributed by atoms with Crippen molar-refractivity contribution >= 4 is 5.82 Å². The summed E-state index contributed by atoms with van der Waals surface area (Å²) in [5.74, 6) is 0.537. The molecule has 0 aliphatic carbocycles. The fraction of sp³-hybridized carbons (Fsp3) is 0.250. The second kappa shape index (κ2) is 6.40. The van der Waals surface area contributed by atoms with E-state index in [-0.39, 0.29) is 0 Å². The first-order valence-corrected chi connectivity index (χ1v) is 8.16. The highest BCUT2D eigenvalue weighted by atomic mass is 14.8. The van der Waals surface area contributed by atoms with Gasteiger partial charge in [-0.05, 0) is 68.7 Å². The number of pyridine rings is 3. The lowest BCUT2D eigenvalue weighted by Crippen LogP contribution is -2.00. The maximum Gasteiger partial charge on any atom is 0.123 e. The molecule has 0 aromatic carbocycles. The molecule has 0 fully saturated rings. The van der Waals surface area contributed by atoms with Gasteiger partial charge in [-0.25, -0.2) is 4.98 Å². The Balaban J connectivity index is 2.32. The first kappa shape index (κ1) is 16.1. The molecule has 0 unspecified atom stereocenters. The van der Waals surface area contributed by atoms with Gasteiger partial charge < -0.3 is 5.73 Å². The number of hydrogen-bond acceptors (Lipinski definition) is 4. The van der Waals surface area contributed by atoms with Crippen molar-refractivity contribution in [2.45, 2.75) is 34.1 Å². The first-order valence-electron chi connectivity index (χ1n) is 8.16. The fourth-order valence-electron chi connectivity index (χ4n) is 3.15. The number of hydrogen-bond donors (Lipinski definition) is 1. The lowest BCUT2D eigenvalue weighted by Gasteiger charge is -2.16. The van der Waals surface area contributed by atoms with E-state index in [9.17, 15) is 0 Å². The lowest BCUT2D eigenvalue weighted by molar-refractivity contribution is 1.04. The third-order valence-electron chi connectivity index (χ3n) is 4.13. The fourth-order valence-corrected chi connectivity index (χ4v) is 3.15. The molecule has 3 aromatic heterocycles. The molecule has 2 N–H and O–H groups in total. The standard InChI is InChI=1S/C20H22N4/c1-5-18-20(16-6-7-19(21)24-14(16)4)17(8-9-22-18)15-10-12(2)23-13(3)11-15/h6-11H,5H2,1-4H3,(H2,21,24). The molecule has 0 spiro atoms. The molecule has 4 nitrogen and oxygen atoms in total. The van der Waals surface area contributed by atoms with Gasteiger partial charge in [0.05, 0.1) is 0 Å². The molecule has 0 saturated heterocycles. The third kappa shape index (κ3) is 3.00. The second-order valence-electron chi connectivity index (χ2n) is 6.04. The van der Waals surface area contributed by atoms with Crippen molar-refractivity contribution in [1.82, 2.24) is 15.0 Å². The Bertz CT molecular complexity index is 880. The Morgan fingerprint density at radius 2 is 1.62 bits per heavy atom. The minimum Gasteiger partial charge on any atom is -0.384 e. The van der Waals surface area contributed by atoms with Gasteiger partial charge in [-0.3, -0.25) is 9.97 Å². The number of nitrogens with zero attached hydrogens (tertiary/aromatic N) is 3. The van der Waals surface area contributed by atoms with E-state index in [4.69, 9.17) is 5.73 Å². The van der Waals surface area contributed by atoms with Crippen LogP contribution in [0, 0.1) is 20.8 Å². The van der Waals surface area contributed by atoms with Gasteiger partial charge in [0.15, 0.2) is 0 Å². The molecule has 0 aliphatic heterocycles. The maximum atomic E-state index is 5.83. The highest BCUT2D eigenvalue weighted by Crippen LogP contribution is 2.36. The normalized spacial score (nSPS) is 10.8. The van der Waals surface area contributed by atoms with E-state index in [1.807, 2.05) is 39.1 Å². The van der Waals surface area contributed by atoms with Crippen LogP contribution in [0.3, 0.4) is 0 Å². The summed E-state index contributed by atoms with van der Waals surface area (Å²) in [6, 6.07) is 10.2. The molecule has 0 amide bonds. The third-order valence-corrected chi connectivity index (χ3v) is 4.13. The van der Waals surface area contributed by atoms with E-state index in [0.29, 0.717) is 5.82 Å². The van der Waals surface area contributed by atoms with Crippen LogP contribution in [0.5, 0.6) is 0 Å². The Hall–Kier alpha value is -2.75. The molecule has 0 bridgehead atoms. The largest absolute Gasteiger partial charge is 0.384 e. The number of nitrogens with two attached hydrogens (primary N) is 1. The van der Waals surface area contributed by atoms with Crippen molar-refractivity contribution in [3.63, 3.8) is 0 Å². The lowest BCUT2D eigenvalue weighted by atomic mass is 9.92. The van der Waals surface area contributed by atoms with Gasteiger partial charge in [0.1, 0.15) is 5.82 Å². The van der Waals surface area contributed by atoms with Crippen LogP contribution in [0.4, 0.5) is 5.82 Å². The van der Waals surface area contributed by atoms with Gasteiger partial charge >= 0.3 is 0 Å². The Kier molecular flexibility index (Phi) is 4.30. The van der Waals surface area contributed by atoms with Crippen LogP contribution in [0.1, 0.15) is 29.7 Å². The molecular formula is C20H22N4. The minimum atomic E-state index is 0.537. The highest BCUT2D eigenvalue weighted by Gasteiger charge is 2.16. The Morgan fingerprint density at radius 1 is 0.917 bits per heavy atom. The van der Waals surface area contributed by atoms with Crippen LogP contribution in [-0.4, -0.2) is 15.0 Å². The number of aryl methyl sites for hydroxylation is 4. The summed E-state index contributed by atoms with van der Waals surface area (Å²) >= 11 is 0. The molecule has 3 aromatic rings. The van der Waals surface area contributed by atoms with Gasteiger partial charge in [0.2, 0.25) is 0 Å². The van der Waals surface area contributed by atoms with Crippen molar-refractivity contribution in [2.24, 2.45) is 0 Å². The summed E-state index contributed by atoms with van der Waals surface area (Å²) < 4.78 is 0. The van der Waals surface area contributed by atoms with E-state index in [2.05, 4.69) is 40.1 Å². The smallest absolute Gasteiger partial charge is 0.123 e. The van der Waals surface area contributed by atoms with Gasteiger partial charge in [0, 0.05) is 40.1 Å². The van der Waals surface area contributed by atoms with Crippen molar-refractivity contribution < 1.29 is 0 Å². The summed E-state index contributed by atoms with van der Waals surface area (Å²) in [5.41, 5.74) is 14.4. The molecule has 0 radical (unpaired) electrons. The van der Waals surface area contributed by atoms with Gasteiger partial charge in [-0.15, -0.1) is 0 Å². The van der Waals surface area contributed by atoms with Crippen LogP contribution in [0.25, 0.3) is 22.3 Å². The second-order valence-corrected chi connectivity index (χ2v) is 6.04. The molecule has 3 rings (SSSR count). The zero-order valence-corrected chi connectivity index (χ0v) is 14.6. The summed E-state index contributed by atoms with van der Waals surface area (Å²) in [5, 5.41) is 0. The molecule has 24 heavy (non-hydrogen) atoms. The van der Waals surface area contributed by atoms with Crippen molar-refractivity contribution in [2.75, 3.05) is 5.73 Å². The van der Waals surface area contributed by atoms with Gasteiger partial charge in [-0.1, -0.05) is 6.92 Å². The zero-order valence-electron chi connectivity index (χ0n) is 14.6. The van der Waals surface area contributed by atoms with E-state index in [0.717, 1.165) is 51.5 Å². The van der Waals surface area contributed by atoms with Gasteiger partial charge in [-0.2, -0.15) is 0 Å². The van der Waals surface area contributed by atoms with E-state index >= 15 is 0 Å². The number of nitrogen functional groups attached to an aromatic ring is 1. The predicted molar refractivity (Wildman–Crippen MR) is 98.7 cm³/mol. The van der Waals surface area contributed by atoms with Crippen molar-refractivity contribution in [1.29, 1.82) is 0 Å². The monoisotopic (exact) mass is 318 g/mol. The summed E-state index contributed by atoms with van der Waals surface area (Å²) in [7, 11) is 0. The summed E-state index contributed by atoms with van der Waals surface area (Å²) in [4.78, 5) is 13.5. The molecule has 4 heteroatoms. The number of rotatable bonds is 3. The average Bonchev–Trinajstić information content (AvgIpc) is 2.53. The number of aromatic nitrogens is 3. The van der Waals surface area contributed by atoms with E-state index in [1.165, 1.54) is 0 Å². The first-order chi connectivity index (χ1) is 11.5. The van der Waals surface area contributed by atoms with Crippen LogP contribution < -0.4 is 5.73 Å². The minimum absolute atomic E-state index is 0.537. The van der Waals surface area contributed by atoms with Crippen LogP contribution >= 0.6 is 0 Å². The SMILES string of the molecule is CCc1nccc(-c2cc(C)nc(C)c2)c1-c1ccc(N)nc1C.